The van der Waals surface area contributed by atoms with Crippen molar-refractivity contribution >= 4 is 17.4 Å². The van der Waals surface area contributed by atoms with E-state index in [1.807, 2.05) is 23.9 Å². The molecule has 0 amide bonds. The minimum atomic E-state index is 0.800. The second-order valence-electron chi connectivity index (χ2n) is 3.66. The molecule has 0 aromatic carbocycles. The number of nitrogens with two attached hydrogens (primary N) is 1. The van der Waals surface area contributed by atoms with Gasteiger partial charge in [-0.15, -0.1) is 0 Å². The first-order valence-corrected chi connectivity index (χ1v) is 6.92. The Morgan fingerprint density at radius 2 is 2.12 bits per heavy atom. The summed E-state index contributed by atoms with van der Waals surface area (Å²) in [5, 5.41) is 0. The molecule has 0 saturated carbocycles. The molecular weight excluding hydrogens is 218 g/mol. The van der Waals surface area contributed by atoms with Crippen LogP contribution in [0.1, 0.15) is 19.5 Å². The highest BCUT2D eigenvalue weighted by Crippen LogP contribution is 2.12. The van der Waals surface area contributed by atoms with Crippen LogP contribution >= 0.6 is 11.8 Å². The summed E-state index contributed by atoms with van der Waals surface area (Å²) < 4.78 is 0. The zero-order valence-electron chi connectivity index (χ0n) is 10.1. The lowest BCUT2D eigenvalue weighted by Crippen LogP contribution is -2.25. The maximum absolute atomic E-state index is 5.70. The fourth-order valence-corrected chi connectivity index (χ4v) is 2.38. The first-order valence-electron chi connectivity index (χ1n) is 5.76. The highest BCUT2D eigenvalue weighted by Gasteiger charge is 1.99. The molecule has 16 heavy (non-hydrogen) atoms. The largest absolute Gasteiger partial charge is 0.399 e. The zero-order valence-corrected chi connectivity index (χ0v) is 11.0. The van der Waals surface area contributed by atoms with Gasteiger partial charge >= 0.3 is 0 Å². The van der Waals surface area contributed by atoms with Crippen molar-refractivity contribution in [3.63, 3.8) is 0 Å². The van der Waals surface area contributed by atoms with Crippen LogP contribution in [-0.2, 0) is 5.75 Å². The summed E-state index contributed by atoms with van der Waals surface area (Å²) in [5.41, 5.74) is 7.57. The normalized spacial score (nSPS) is 10.9. The van der Waals surface area contributed by atoms with E-state index in [-0.39, 0.29) is 0 Å². The zero-order chi connectivity index (χ0) is 11.8. The standard InChI is InChI=1S/C12H21N3S/c1-3-15(4-2)7-8-16-10-12-9-11(13)5-6-14-12/h5-6,9H,3-4,7-8,10H2,1-2H3,(H2,13,14). The molecule has 0 saturated heterocycles. The van der Waals surface area contributed by atoms with Crippen molar-refractivity contribution in [2.24, 2.45) is 0 Å². The van der Waals surface area contributed by atoms with Crippen molar-refractivity contribution in [1.29, 1.82) is 0 Å². The SMILES string of the molecule is CCN(CC)CCSCc1cc(N)ccn1. The quantitative estimate of drug-likeness (QED) is 0.741. The molecule has 90 valence electrons. The molecule has 4 heteroatoms. The first-order chi connectivity index (χ1) is 7.76. The third-order valence-electron chi connectivity index (χ3n) is 2.54. The summed E-state index contributed by atoms with van der Waals surface area (Å²) in [4.78, 5) is 6.71. The Labute approximate surface area is 102 Å². The molecule has 0 bridgehead atoms. The molecule has 1 heterocycles. The van der Waals surface area contributed by atoms with E-state index in [2.05, 4.69) is 23.7 Å². The molecule has 0 aliphatic rings. The predicted octanol–water partition coefficient (Wildman–Crippen LogP) is 2.24. The molecule has 0 fully saturated rings. The minimum Gasteiger partial charge on any atom is -0.399 e. The molecule has 0 aliphatic carbocycles. The van der Waals surface area contributed by atoms with Gasteiger partial charge in [0, 0.05) is 29.9 Å². The van der Waals surface area contributed by atoms with Crippen LogP contribution in [0.3, 0.4) is 0 Å². The van der Waals surface area contributed by atoms with Gasteiger partial charge in [0.25, 0.3) is 0 Å². The van der Waals surface area contributed by atoms with E-state index in [4.69, 9.17) is 5.73 Å². The van der Waals surface area contributed by atoms with Crippen LogP contribution in [0.25, 0.3) is 0 Å². The Hall–Kier alpha value is -0.740. The van der Waals surface area contributed by atoms with Crippen molar-refractivity contribution < 1.29 is 0 Å². The van der Waals surface area contributed by atoms with E-state index in [1.54, 1.807) is 6.20 Å². The molecular formula is C12H21N3S. The summed E-state index contributed by atoms with van der Waals surface area (Å²) in [5.74, 6) is 2.10. The molecule has 0 aliphatic heterocycles. The van der Waals surface area contributed by atoms with Crippen molar-refractivity contribution in [3.8, 4) is 0 Å². The smallest absolute Gasteiger partial charge is 0.0523 e. The summed E-state index contributed by atoms with van der Waals surface area (Å²) in [7, 11) is 0. The third kappa shape index (κ3) is 4.86. The Balaban J connectivity index is 2.20. The number of anilines is 1. The first kappa shape index (κ1) is 13.3. The molecule has 2 N–H and O–H groups in total. The van der Waals surface area contributed by atoms with Crippen LogP contribution in [0.15, 0.2) is 18.3 Å². The minimum absolute atomic E-state index is 0.800. The predicted molar refractivity (Wildman–Crippen MR) is 72.6 cm³/mol. The number of hydrogen-bond acceptors (Lipinski definition) is 4. The highest BCUT2D eigenvalue weighted by molar-refractivity contribution is 7.98. The van der Waals surface area contributed by atoms with Gasteiger partial charge in [-0.05, 0) is 25.2 Å². The van der Waals surface area contributed by atoms with Crippen molar-refractivity contribution in [3.05, 3.63) is 24.0 Å². The average molecular weight is 239 g/mol. The summed E-state index contributed by atoms with van der Waals surface area (Å²) in [6.07, 6.45) is 1.77. The highest BCUT2D eigenvalue weighted by atomic mass is 32.2. The number of rotatable bonds is 7. The Kier molecular flexibility index (Phi) is 6.26. The van der Waals surface area contributed by atoms with E-state index in [0.717, 1.165) is 42.5 Å². The molecule has 0 atom stereocenters. The Morgan fingerprint density at radius 1 is 1.38 bits per heavy atom. The number of hydrogen-bond donors (Lipinski definition) is 1. The molecule has 3 nitrogen and oxygen atoms in total. The fraction of sp³-hybridized carbons (Fsp3) is 0.583. The van der Waals surface area contributed by atoms with Crippen molar-refractivity contribution in [1.82, 2.24) is 9.88 Å². The summed E-state index contributed by atoms with van der Waals surface area (Å²) >= 11 is 1.91. The van der Waals surface area contributed by atoms with Crippen LogP contribution in [0, 0.1) is 0 Å². The number of nitrogen functional groups attached to an aromatic ring is 1. The van der Waals surface area contributed by atoms with Crippen molar-refractivity contribution in [2.45, 2.75) is 19.6 Å². The lowest BCUT2D eigenvalue weighted by Gasteiger charge is -2.17. The van der Waals surface area contributed by atoms with E-state index in [0.29, 0.717) is 0 Å². The van der Waals surface area contributed by atoms with Crippen LogP contribution in [0.4, 0.5) is 5.69 Å². The van der Waals surface area contributed by atoms with Gasteiger partial charge in [-0.2, -0.15) is 11.8 Å². The van der Waals surface area contributed by atoms with Gasteiger partial charge in [0.05, 0.1) is 5.69 Å². The van der Waals surface area contributed by atoms with Gasteiger partial charge in [-0.1, -0.05) is 13.8 Å². The Morgan fingerprint density at radius 3 is 2.75 bits per heavy atom. The maximum Gasteiger partial charge on any atom is 0.0523 e. The van der Waals surface area contributed by atoms with Gasteiger partial charge in [0.1, 0.15) is 0 Å². The molecule has 0 unspecified atom stereocenters. The molecule has 0 spiro atoms. The number of pyridine rings is 1. The van der Waals surface area contributed by atoms with E-state index in [1.165, 1.54) is 0 Å². The van der Waals surface area contributed by atoms with Gasteiger partial charge in [0.2, 0.25) is 0 Å². The number of aromatic nitrogens is 1. The fourth-order valence-electron chi connectivity index (χ4n) is 1.49. The molecule has 1 rings (SSSR count). The third-order valence-corrected chi connectivity index (χ3v) is 3.51. The molecule has 0 radical (unpaired) electrons. The lowest BCUT2D eigenvalue weighted by molar-refractivity contribution is 0.324. The van der Waals surface area contributed by atoms with Crippen LogP contribution < -0.4 is 5.73 Å². The second-order valence-corrected chi connectivity index (χ2v) is 4.77. The van der Waals surface area contributed by atoms with Crippen LogP contribution in [-0.4, -0.2) is 35.3 Å². The van der Waals surface area contributed by atoms with E-state index < -0.39 is 0 Å². The van der Waals surface area contributed by atoms with Crippen LogP contribution in [0.5, 0.6) is 0 Å². The van der Waals surface area contributed by atoms with E-state index >= 15 is 0 Å². The topological polar surface area (TPSA) is 42.1 Å². The van der Waals surface area contributed by atoms with Gasteiger partial charge < -0.3 is 10.6 Å². The molecule has 1 aromatic heterocycles. The number of thioether (sulfide) groups is 1. The van der Waals surface area contributed by atoms with Crippen molar-refractivity contribution in [2.75, 3.05) is 31.1 Å². The number of nitrogens with zero attached hydrogens (tertiary/aromatic N) is 2. The van der Waals surface area contributed by atoms with Gasteiger partial charge in [-0.3, -0.25) is 4.98 Å². The monoisotopic (exact) mass is 239 g/mol. The summed E-state index contributed by atoms with van der Waals surface area (Å²) in [6.45, 7) is 7.82. The second kappa shape index (κ2) is 7.52. The maximum atomic E-state index is 5.70. The lowest BCUT2D eigenvalue weighted by atomic mass is 10.3. The van der Waals surface area contributed by atoms with Crippen LogP contribution in [0.2, 0.25) is 0 Å². The average Bonchev–Trinajstić information content (AvgIpc) is 2.29. The van der Waals surface area contributed by atoms with Gasteiger partial charge in [0.15, 0.2) is 0 Å². The Bertz CT molecular complexity index is 300. The molecule has 1 aromatic rings. The van der Waals surface area contributed by atoms with E-state index in [9.17, 15) is 0 Å². The van der Waals surface area contributed by atoms with Gasteiger partial charge in [-0.25, -0.2) is 0 Å². The summed E-state index contributed by atoms with van der Waals surface area (Å²) in [6, 6.07) is 3.77.